The number of esters is 2. The second-order valence-electron chi connectivity index (χ2n) is 4.05. The number of hydrogen-bond donors (Lipinski definition) is 0. The monoisotopic (exact) mass is 222 g/mol. The van der Waals surface area contributed by atoms with E-state index >= 15 is 0 Å². The van der Waals surface area contributed by atoms with Crippen molar-refractivity contribution in [2.45, 2.75) is 31.6 Å². The molecule has 0 radical (unpaired) electrons. The van der Waals surface area contributed by atoms with Gasteiger partial charge in [0.25, 0.3) is 0 Å². The summed E-state index contributed by atoms with van der Waals surface area (Å²) in [7, 11) is 0. The van der Waals surface area contributed by atoms with Crippen molar-refractivity contribution in [3.05, 3.63) is 21.4 Å². The van der Waals surface area contributed by atoms with Crippen LogP contribution in [0.4, 0.5) is 0 Å². The van der Waals surface area contributed by atoms with Gasteiger partial charge in [0.15, 0.2) is 0 Å². The Hall–Kier alpha value is -1.16. The Morgan fingerprint density at radius 3 is 2.60 bits per heavy atom. The third kappa shape index (κ3) is 1.32. The SMILES string of the molecule is O=C1OC(=O)c2sc(C3CCCC3)cc21. The minimum atomic E-state index is -0.476. The fourth-order valence-corrected chi connectivity index (χ4v) is 3.50. The number of carbonyl (C=O) groups excluding carboxylic acids is 2. The van der Waals surface area contributed by atoms with Gasteiger partial charge in [0.2, 0.25) is 0 Å². The van der Waals surface area contributed by atoms with E-state index in [0.717, 1.165) is 0 Å². The van der Waals surface area contributed by atoms with Crippen molar-refractivity contribution in [3.63, 3.8) is 0 Å². The van der Waals surface area contributed by atoms with E-state index in [1.165, 1.54) is 41.9 Å². The highest BCUT2D eigenvalue weighted by atomic mass is 32.1. The molecule has 1 aromatic rings. The highest BCUT2D eigenvalue weighted by molar-refractivity contribution is 7.14. The quantitative estimate of drug-likeness (QED) is 0.542. The third-order valence-electron chi connectivity index (χ3n) is 3.10. The molecule has 0 saturated heterocycles. The molecule has 0 amide bonds. The molecule has 2 aliphatic rings. The van der Waals surface area contributed by atoms with Gasteiger partial charge in [-0.25, -0.2) is 9.59 Å². The predicted octanol–water partition coefficient (Wildman–Crippen LogP) is 2.72. The van der Waals surface area contributed by atoms with Crippen molar-refractivity contribution in [1.29, 1.82) is 0 Å². The molecule has 3 nitrogen and oxygen atoms in total. The number of fused-ring (bicyclic) bond motifs is 1. The van der Waals surface area contributed by atoms with E-state index in [4.69, 9.17) is 0 Å². The summed E-state index contributed by atoms with van der Waals surface area (Å²) >= 11 is 1.44. The molecule has 1 saturated carbocycles. The molecule has 0 unspecified atom stereocenters. The molecule has 3 rings (SSSR count). The lowest BCUT2D eigenvalue weighted by molar-refractivity contribution is 0.0445. The maximum Gasteiger partial charge on any atom is 0.357 e. The van der Waals surface area contributed by atoms with Gasteiger partial charge in [-0.05, 0) is 24.8 Å². The zero-order chi connectivity index (χ0) is 10.4. The average Bonchev–Trinajstić information content (AvgIpc) is 2.88. The van der Waals surface area contributed by atoms with Crippen LogP contribution in [0.3, 0.4) is 0 Å². The average molecular weight is 222 g/mol. The summed E-state index contributed by atoms with van der Waals surface area (Å²) in [6.45, 7) is 0. The Kier molecular flexibility index (Phi) is 1.92. The van der Waals surface area contributed by atoms with Crippen LogP contribution in [0.1, 0.15) is 56.5 Å². The van der Waals surface area contributed by atoms with Crippen LogP contribution in [-0.2, 0) is 4.74 Å². The molecule has 1 aliphatic heterocycles. The highest BCUT2D eigenvalue weighted by Gasteiger charge is 2.34. The molecule has 0 aromatic carbocycles. The van der Waals surface area contributed by atoms with Gasteiger partial charge in [0, 0.05) is 4.88 Å². The van der Waals surface area contributed by atoms with Crippen LogP contribution in [0.15, 0.2) is 6.07 Å². The fourth-order valence-electron chi connectivity index (χ4n) is 2.31. The van der Waals surface area contributed by atoms with Crippen LogP contribution in [0.2, 0.25) is 0 Å². The first kappa shape index (κ1) is 9.09. The Morgan fingerprint density at radius 2 is 1.93 bits per heavy atom. The van der Waals surface area contributed by atoms with Crippen molar-refractivity contribution >= 4 is 23.3 Å². The minimum absolute atomic E-state index is 0.468. The van der Waals surface area contributed by atoms with Gasteiger partial charge >= 0.3 is 11.9 Å². The second-order valence-corrected chi connectivity index (χ2v) is 5.13. The Labute approximate surface area is 91.1 Å². The lowest BCUT2D eigenvalue weighted by Crippen LogP contribution is -1.98. The number of hydrogen-bond acceptors (Lipinski definition) is 4. The highest BCUT2D eigenvalue weighted by Crippen LogP contribution is 2.40. The van der Waals surface area contributed by atoms with Crippen LogP contribution in [0.5, 0.6) is 0 Å². The summed E-state index contributed by atoms with van der Waals surface area (Å²) in [6.07, 6.45) is 4.88. The molecular formula is C11H10O3S. The molecule has 1 fully saturated rings. The Bertz CT molecular complexity index is 409. The standard InChI is InChI=1S/C11H10O3S/c12-10-7-5-8(6-3-1-2-4-6)15-9(7)11(13)14-10/h5-6H,1-4H2. The summed E-state index contributed by atoms with van der Waals surface area (Å²) < 4.78 is 4.52. The first-order chi connectivity index (χ1) is 7.25. The Morgan fingerprint density at radius 1 is 1.20 bits per heavy atom. The van der Waals surface area contributed by atoms with Crippen molar-refractivity contribution in [2.75, 3.05) is 0 Å². The van der Waals surface area contributed by atoms with Crippen LogP contribution in [0, 0.1) is 0 Å². The summed E-state index contributed by atoms with van der Waals surface area (Å²) in [5.41, 5.74) is 0.479. The van der Waals surface area contributed by atoms with Gasteiger partial charge in [-0.1, -0.05) is 12.8 Å². The molecule has 4 heteroatoms. The molecule has 1 aromatic heterocycles. The van der Waals surface area contributed by atoms with Gasteiger partial charge in [-0.15, -0.1) is 11.3 Å². The molecule has 1 aliphatic carbocycles. The zero-order valence-corrected chi connectivity index (χ0v) is 8.93. The van der Waals surface area contributed by atoms with Crippen LogP contribution in [0.25, 0.3) is 0 Å². The summed E-state index contributed by atoms with van der Waals surface area (Å²) in [6, 6.07) is 1.85. The van der Waals surface area contributed by atoms with E-state index in [0.29, 0.717) is 16.4 Å². The van der Waals surface area contributed by atoms with E-state index in [2.05, 4.69) is 4.74 Å². The number of carbonyl (C=O) groups is 2. The molecule has 0 spiro atoms. The Balaban J connectivity index is 2.00. The van der Waals surface area contributed by atoms with E-state index in [9.17, 15) is 9.59 Å². The minimum Gasteiger partial charge on any atom is -0.385 e. The molecule has 0 N–H and O–H groups in total. The van der Waals surface area contributed by atoms with E-state index < -0.39 is 11.9 Å². The number of ether oxygens (including phenoxy) is 1. The molecule has 2 heterocycles. The largest absolute Gasteiger partial charge is 0.385 e. The van der Waals surface area contributed by atoms with Crippen molar-refractivity contribution < 1.29 is 14.3 Å². The maximum absolute atomic E-state index is 11.3. The summed E-state index contributed by atoms with van der Waals surface area (Å²) in [5.74, 6) is -0.388. The van der Waals surface area contributed by atoms with Crippen molar-refractivity contribution in [2.24, 2.45) is 0 Å². The second kappa shape index (κ2) is 3.17. The molecular weight excluding hydrogens is 212 g/mol. The number of rotatable bonds is 1. The lowest BCUT2D eigenvalue weighted by atomic mass is 10.1. The third-order valence-corrected chi connectivity index (χ3v) is 4.38. The lowest BCUT2D eigenvalue weighted by Gasteiger charge is -2.04. The molecule has 0 bridgehead atoms. The predicted molar refractivity (Wildman–Crippen MR) is 55.3 cm³/mol. The fraction of sp³-hybridized carbons (Fsp3) is 0.455. The normalized spacial score (nSPS) is 20.8. The van der Waals surface area contributed by atoms with E-state index in [-0.39, 0.29) is 0 Å². The van der Waals surface area contributed by atoms with Gasteiger partial charge in [-0.3, -0.25) is 0 Å². The van der Waals surface area contributed by atoms with Crippen LogP contribution < -0.4 is 0 Å². The van der Waals surface area contributed by atoms with Gasteiger partial charge in [0.1, 0.15) is 4.88 Å². The van der Waals surface area contributed by atoms with Gasteiger partial charge in [-0.2, -0.15) is 0 Å². The van der Waals surface area contributed by atoms with Gasteiger partial charge < -0.3 is 4.74 Å². The molecule has 0 atom stereocenters. The zero-order valence-electron chi connectivity index (χ0n) is 8.12. The topological polar surface area (TPSA) is 43.4 Å². The van der Waals surface area contributed by atoms with Crippen LogP contribution in [-0.4, -0.2) is 11.9 Å². The molecule has 15 heavy (non-hydrogen) atoms. The number of cyclic esters (lactones) is 2. The summed E-state index contributed by atoms with van der Waals surface area (Å²) in [4.78, 5) is 24.2. The van der Waals surface area contributed by atoms with E-state index in [1.54, 1.807) is 0 Å². The number of thiophene rings is 1. The maximum atomic E-state index is 11.3. The van der Waals surface area contributed by atoms with Crippen molar-refractivity contribution in [1.82, 2.24) is 0 Å². The first-order valence-corrected chi connectivity index (χ1v) is 5.97. The van der Waals surface area contributed by atoms with Gasteiger partial charge in [0.05, 0.1) is 5.56 Å². The smallest absolute Gasteiger partial charge is 0.357 e. The first-order valence-electron chi connectivity index (χ1n) is 5.16. The van der Waals surface area contributed by atoms with E-state index in [1.807, 2.05) is 6.07 Å². The summed E-state index contributed by atoms with van der Waals surface area (Å²) in [5, 5.41) is 0. The van der Waals surface area contributed by atoms with Crippen LogP contribution >= 0.6 is 11.3 Å². The van der Waals surface area contributed by atoms with Crippen molar-refractivity contribution in [3.8, 4) is 0 Å². The molecule has 78 valence electrons.